The minimum Gasteiger partial charge on any atom is -0.497 e. The molecule has 1 N–H and O–H groups in total. The van der Waals surface area contributed by atoms with Crippen molar-refractivity contribution in [1.29, 1.82) is 0 Å². The van der Waals surface area contributed by atoms with Gasteiger partial charge >= 0.3 is 5.97 Å². The average molecular weight is 387 g/mol. The van der Waals surface area contributed by atoms with E-state index in [1.54, 1.807) is 18.2 Å². The second-order valence-electron chi connectivity index (χ2n) is 8.84. The summed E-state index contributed by atoms with van der Waals surface area (Å²) in [6.45, 7) is 0.418. The standard InChI is InChI=1S/C22H29NO5/c1-26-17-3-4-19(27-2)18(8-17)21(25)28-12-20(24)23-13-22-9-14-5-15(10-22)7-16(6-14)11-22/h3-4,8,14-16H,5-7,9-13H2,1-2H3,(H,23,24). The van der Waals surface area contributed by atoms with Gasteiger partial charge in [0, 0.05) is 6.54 Å². The summed E-state index contributed by atoms with van der Waals surface area (Å²) in [6, 6.07) is 4.89. The summed E-state index contributed by atoms with van der Waals surface area (Å²) in [4.78, 5) is 24.7. The van der Waals surface area contributed by atoms with Crippen LogP contribution in [0.4, 0.5) is 0 Å². The van der Waals surface area contributed by atoms with Gasteiger partial charge in [-0.15, -0.1) is 0 Å². The molecule has 4 aliphatic rings. The van der Waals surface area contributed by atoms with Crippen LogP contribution in [0.15, 0.2) is 18.2 Å². The molecular formula is C22H29NO5. The molecule has 152 valence electrons. The molecule has 1 aromatic carbocycles. The molecule has 4 aliphatic carbocycles. The highest BCUT2D eigenvalue weighted by Crippen LogP contribution is 2.59. The second kappa shape index (κ2) is 7.64. The summed E-state index contributed by atoms with van der Waals surface area (Å²) in [7, 11) is 3.01. The van der Waals surface area contributed by atoms with Crippen LogP contribution in [0.2, 0.25) is 0 Å². The molecule has 4 fully saturated rings. The molecule has 0 aliphatic heterocycles. The Morgan fingerprint density at radius 1 is 1.04 bits per heavy atom. The van der Waals surface area contributed by atoms with Crippen molar-refractivity contribution in [2.24, 2.45) is 23.2 Å². The minimum absolute atomic E-state index is 0.244. The normalized spacial score (nSPS) is 30.0. The fraction of sp³-hybridized carbons (Fsp3) is 0.636. The first-order chi connectivity index (χ1) is 13.5. The van der Waals surface area contributed by atoms with Crippen LogP contribution in [0.25, 0.3) is 0 Å². The number of amides is 1. The van der Waals surface area contributed by atoms with Crippen LogP contribution in [0.3, 0.4) is 0 Å². The smallest absolute Gasteiger partial charge is 0.342 e. The van der Waals surface area contributed by atoms with Crippen molar-refractivity contribution < 1.29 is 23.8 Å². The largest absolute Gasteiger partial charge is 0.497 e. The van der Waals surface area contributed by atoms with E-state index < -0.39 is 5.97 Å². The number of nitrogens with one attached hydrogen (secondary N) is 1. The number of rotatable bonds is 7. The molecule has 0 radical (unpaired) electrons. The van der Waals surface area contributed by atoms with Crippen molar-refractivity contribution >= 4 is 11.9 Å². The first-order valence-corrected chi connectivity index (χ1v) is 10.2. The van der Waals surface area contributed by atoms with Gasteiger partial charge in [-0.1, -0.05) is 0 Å². The van der Waals surface area contributed by atoms with Crippen molar-refractivity contribution in [3.05, 3.63) is 23.8 Å². The fourth-order valence-electron chi connectivity index (χ4n) is 6.03. The molecule has 1 amide bonds. The van der Waals surface area contributed by atoms with Crippen molar-refractivity contribution in [2.45, 2.75) is 38.5 Å². The van der Waals surface area contributed by atoms with Crippen LogP contribution in [-0.2, 0) is 9.53 Å². The second-order valence-corrected chi connectivity index (χ2v) is 8.84. The van der Waals surface area contributed by atoms with E-state index in [0.717, 1.165) is 17.8 Å². The monoisotopic (exact) mass is 387 g/mol. The third-order valence-corrected chi connectivity index (χ3v) is 6.79. The van der Waals surface area contributed by atoms with E-state index >= 15 is 0 Å². The molecular weight excluding hydrogens is 358 g/mol. The van der Waals surface area contributed by atoms with E-state index in [1.165, 1.54) is 52.7 Å². The van der Waals surface area contributed by atoms with Crippen molar-refractivity contribution in [2.75, 3.05) is 27.4 Å². The molecule has 6 nitrogen and oxygen atoms in total. The highest BCUT2D eigenvalue weighted by atomic mass is 16.5. The third kappa shape index (κ3) is 3.82. The summed E-state index contributed by atoms with van der Waals surface area (Å²) in [5.41, 5.74) is 0.514. The van der Waals surface area contributed by atoms with Gasteiger partial charge < -0.3 is 19.5 Å². The Hall–Kier alpha value is -2.24. The van der Waals surface area contributed by atoms with Gasteiger partial charge in [-0.2, -0.15) is 0 Å². The lowest BCUT2D eigenvalue weighted by Crippen LogP contribution is -2.51. The summed E-state index contributed by atoms with van der Waals surface area (Å²) in [6.07, 6.45) is 7.85. The van der Waals surface area contributed by atoms with Gasteiger partial charge in [-0.05, 0) is 79.9 Å². The number of esters is 1. The molecule has 6 heteroatoms. The fourth-order valence-corrected chi connectivity index (χ4v) is 6.03. The zero-order chi connectivity index (χ0) is 19.7. The van der Waals surface area contributed by atoms with E-state index in [0.29, 0.717) is 18.0 Å². The summed E-state index contributed by atoms with van der Waals surface area (Å²) < 4.78 is 15.6. The van der Waals surface area contributed by atoms with Gasteiger partial charge in [-0.3, -0.25) is 4.79 Å². The van der Waals surface area contributed by atoms with Gasteiger partial charge in [0.1, 0.15) is 17.1 Å². The highest BCUT2D eigenvalue weighted by molar-refractivity contribution is 5.94. The molecule has 4 bridgehead atoms. The van der Waals surface area contributed by atoms with Gasteiger partial charge in [0.25, 0.3) is 5.91 Å². The maximum absolute atomic E-state index is 12.4. The van der Waals surface area contributed by atoms with Crippen LogP contribution in [0.5, 0.6) is 11.5 Å². The first kappa shape index (κ1) is 19.1. The Morgan fingerprint density at radius 2 is 1.68 bits per heavy atom. The summed E-state index contributed by atoms with van der Waals surface area (Å²) in [5.74, 6) is 2.62. The first-order valence-electron chi connectivity index (χ1n) is 10.2. The predicted molar refractivity (Wildman–Crippen MR) is 103 cm³/mol. The quantitative estimate of drug-likeness (QED) is 0.728. The summed E-state index contributed by atoms with van der Waals surface area (Å²) >= 11 is 0. The van der Waals surface area contributed by atoms with Gasteiger partial charge in [0.05, 0.1) is 14.2 Å². The number of methoxy groups -OCH3 is 2. The van der Waals surface area contributed by atoms with Gasteiger partial charge in [0.2, 0.25) is 0 Å². The number of carbonyl (C=O) groups is 2. The lowest BCUT2D eigenvalue weighted by atomic mass is 9.49. The van der Waals surface area contributed by atoms with E-state index in [4.69, 9.17) is 14.2 Å². The number of hydrogen-bond acceptors (Lipinski definition) is 5. The van der Waals surface area contributed by atoms with E-state index in [9.17, 15) is 9.59 Å². The average Bonchev–Trinajstić information content (AvgIpc) is 2.69. The molecule has 5 rings (SSSR count). The lowest BCUT2D eigenvalue weighted by Gasteiger charge is -2.56. The van der Waals surface area contributed by atoms with Crippen LogP contribution < -0.4 is 14.8 Å². The van der Waals surface area contributed by atoms with E-state index in [2.05, 4.69) is 5.32 Å². The Labute approximate surface area is 165 Å². The number of hydrogen-bond donors (Lipinski definition) is 1. The van der Waals surface area contributed by atoms with E-state index in [-0.39, 0.29) is 23.5 Å². The highest BCUT2D eigenvalue weighted by Gasteiger charge is 2.50. The maximum atomic E-state index is 12.4. The van der Waals surface area contributed by atoms with E-state index in [1.807, 2.05) is 0 Å². The van der Waals surface area contributed by atoms with Crippen LogP contribution in [0.1, 0.15) is 48.9 Å². The van der Waals surface area contributed by atoms with Gasteiger partial charge in [0.15, 0.2) is 6.61 Å². The molecule has 1 aromatic rings. The van der Waals surface area contributed by atoms with Crippen LogP contribution >= 0.6 is 0 Å². The van der Waals surface area contributed by atoms with Crippen molar-refractivity contribution in [3.63, 3.8) is 0 Å². The molecule has 0 heterocycles. The van der Waals surface area contributed by atoms with Crippen molar-refractivity contribution in [3.8, 4) is 11.5 Å². The molecule has 4 saturated carbocycles. The molecule has 0 spiro atoms. The Kier molecular flexibility index (Phi) is 5.21. The van der Waals surface area contributed by atoms with Crippen LogP contribution in [0, 0.1) is 23.2 Å². The molecule has 0 atom stereocenters. The Balaban J connectivity index is 1.30. The minimum atomic E-state index is -0.597. The predicted octanol–water partition coefficient (Wildman–Crippen LogP) is 3.19. The Morgan fingerprint density at radius 3 is 2.25 bits per heavy atom. The maximum Gasteiger partial charge on any atom is 0.342 e. The molecule has 28 heavy (non-hydrogen) atoms. The molecule has 0 unspecified atom stereocenters. The summed E-state index contributed by atoms with van der Waals surface area (Å²) in [5, 5.41) is 3.03. The zero-order valence-electron chi connectivity index (χ0n) is 16.7. The number of benzene rings is 1. The van der Waals surface area contributed by atoms with Gasteiger partial charge in [-0.25, -0.2) is 4.79 Å². The van der Waals surface area contributed by atoms with Crippen molar-refractivity contribution in [1.82, 2.24) is 5.32 Å². The SMILES string of the molecule is COc1ccc(OC)c(C(=O)OCC(=O)NCC23CC4CC(CC(C4)C2)C3)c1. The topological polar surface area (TPSA) is 73.9 Å². The van der Waals surface area contributed by atoms with Crippen LogP contribution in [-0.4, -0.2) is 39.2 Å². The number of ether oxygens (including phenoxy) is 3. The Bertz CT molecular complexity index is 724. The third-order valence-electron chi connectivity index (χ3n) is 6.79. The number of carbonyl (C=O) groups excluding carboxylic acids is 2. The lowest BCUT2D eigenvalue weighted by molar-refractivity contribution is -0.126. The molecule has 0 saturated heterocycles. The molecule has 0 aromatic heterocycles. The zero-order valence-corrected chi connectivity index (χ0v) is 16.7.